The molecular weight excluding hydrogens is 224 g/mol. The lowest BCUT2D eigenvalue weighted by Gasteiger charge is -2.11. The average molecular weight is 248 g/mol. The standard InChI is InChI=1S/C15H24N2O/c1-11(2)17-15(18)8-9-16-10-14-12(3)6-5-7-13(14)4/h5-7,11,16H,8-10H2,1-4H3,(H,17,18). The van der Waals surface area contributed by atoms with Crippen molar-refractivity contribution in [2.75, 3.05) is 6.54 Å². The molecule has 0 fully saturated rings. The number of carbonyl (C=O) groups is 1. The van der Waals surface area contributed by atoms with Gasteiger partial charge in [0.2, 0.25) is 5.91 Å². The molecule has 0 heterocycles. The summed E-state index contributed by atoms with van der Waals surface area (Å²) in [6.45, 7) is 9.73. The van der Waals surface area contributed by atoms with Crippen LogP contribution in [0.25, 0.3) is 0 Å². The van der Waals surface area contributed by atoms with Crippen molar-refractivity contribution in [1.82, 2.24) is 10.6 Å². The molecule has 0 aliphatic heterocycles. The summed E-state index contributed by atoms with van der Waals surface area (Å²) in [7, 11) is 0. The average Bonchev–Trinajstić information content (AvgIpc) is 2.26. The minimum atomic E-state index is 0.110. The fraction of sp³-hybridized carbons (Fsp3) is 0.533. The highest BCUT2D eigenvalue weighted by atomic mass is 16.1. The van der Waals surface area contributed by atoms with Crippen molar-refractivity contribution >= 4 is 5.91 Å². The van der Waals surface area contributed by atoms with E-state index in [1.807, 2.05) is 13.8 Å². The van der Waals surface area contributed by atoms with E-state index in [1.165, 1.54) is 16.7 Å². The van der Waals surface area contributed by atoms with E-state index in [1.54, 1.807) is 0 Å². The number of rotatable bonds is 6. The first kappa shape index (κ1) is 14.7. The summed E-state index contributed by atoms with van der Waals surface area (Å²) in [6.07, 6.45) is 0.531. The van der Waals surface area contributed by atoms with Gasteiger partial charge < -0.3 is 10.6 Å². The molecule has 0 bridgehead atoms. The Bertz CT molecular complexity index is 379. The third-order valence-corrected chi connectivity index (χ3v) is 2.92. The van der Waals surface area contributed by atoms with E-state index in [-0.39, 0.29) is 11.9 Å². The van der Waals surface area contributed by atoms with E-state index in [9.17, 15) is 4.79 Å². The first-order chi connectivity index (χ1) is 8.50. The topological polar surface area (TPSA) is 41.1 Å². The summed E-state index contributed by atoms with van der Waals surface area (Å²) in [4.78, 5) is 11.4. The van der Waals surface area contributed by atoms with Gasteiger partial charge in [0.15, 0.2) is 0 Å². The first-order valence-corrected chi connectivity index (χ1v) is 6.56. The number of hydrogen-bond acceptors (Lipinski definition) is 2. The summed E-state index contributed by atoms with van der Waals surface area (Å²) in [6, 6.07) is 6.53. The van der Waals surface area contributed by atoms with Gasteiger partial charge in [-0.15, -0.1) is 0 Å². The Balaban J connectivity index is 2.32. The summed E-state index contributed by atoms with van der Waals surface area (Å²) >= 11 is 0. The smallest absolute Gasteiger partial charge is 0.221 e. The zero-order chi connectivity index (χ0) is 13.5. The molecule has 0 aliphatic rings. The fourth-order valence-corrected chi connectivity index (χ4v) is 1.94. The number of aryl methyl sites for hydroxylation is 2. The molecule has 0 spiro atoms. The summed E-state index contributed by atoms with van der Waals surface area (Å²) < 4.78 is 0. The molecule has 1 amide bonds. The lowest BCUT2D eigenvalue weighted by molar-refractivity contribution is -0.121. The van der Waals surface area contributed by atoms with Crippen molar-refractivity contribution in [1.29, 1.82) is 0 Å². The van der Waals surface area contributed by atoms with Crippen LogP contribution in [0.1, 0.15) is 37.0 Å². The van der Waals surface area contributed by atoms with Crippen molar-refractivity contribution in [2.45, 2.75) is 46.7 Å². The quantitative estimate of drug-likeness (QED) is 0.759. The molecule has 0 radical (unpaired) electrons. The number of nitrogens with one attached hydrogen (secondary N) is 2. The van der Waals surface area contributed by atoms with Gasteiger partial charge in [0.25, 0.3) is 0 Å². The maximum Gasteiger partial charge on any atom is 0.221 e. The minimum Gasteiger partial charge on any atom is -0.354 e. The molecule has 0 aromatic heterocycles. The van der Waals surface area contributed by atoms with E-state index in [0.717, 1.165) is 6.54 Å². The molecule has 100 valence electrons. The Morgan fingerprint density at radius 1 is 1.22 bits per heavy atom. The van der Waals surface area contributed by atoms with Crippen LogP contribution in [0.4, 0.5) is 0 Å². The largest absolute Gasteiger partial charge is 0.354 e. The Morgan fingerprint density at radius 2 is 1.83 bits per heavy atom. The Labute approximate surface area is 110 Å². The van der Waals surface area contributed by atoms with Crippen LogP contribution in [0.2, 0.25) is 0 Å². The molecule has 3 heteroatoms. The molecule has 0 unspecified atom stereocenters. The van der Waals surface area contributed by atoms with Crippen LogP contribution in [-0.2, 0) is 11.3 Å². The molecule has 0 aliphatic carbocycles. The van der Waals surface area contributed by atoms with Crippen LogP contribution in [0.3, 0.4) is 0 Å². The maximum absolute atomic E-state index is 11.4. The van der Waals surface area contributed by atoms with E-state index in [4.69, 9.17) is 0 Å². The molecular formula is C15H24N2O. The summed E-state index contributed by atoms with van der Waals surface area (Å²) in [5, 5.41) is 6.21. The second kappa shape index (κ2) is 7.17. The number of hydrogen-bond donors (Lipinski definition) is 2. The van der Waals surface area contributed by atoms with Gasteiger partial charge in [-0.1, -0.05) is 18.2 Å². The van der Waals surface area contributed by atoms with Gasteiger partial charge in [-0.25, -0.2) is 0 Å². The first-order valence-electron chi connectivity index (χ1n) is 6.56. The fourth-order valence-electron chi connectivity index (χ4n) is 1.94. The van der Waals surface area contributed by atoms with Crippen molar-refractivity contribution < 1.29 is 4.79 Å². The van der Waals surface area contributed by atoms with Gasteiger partial charge in [-0.05, 0) is 44.4 Å². The summed E-state index contributed by atoms with van der Waals surface area (Å²) in [5.41, 5.74) is 3.94. The van der Waals surface area contributed by atoms with Crippen molar-refractivity contribution in [3.05, 3.63) is 34.9 Å². The zero-order valence-electron chi connectivity index (χ0n) is 11.8. The van der Waals surface area contributed by atoms with Crippen LogP contribution in [0.5, 0.6) is 0 Å². The SMILES string of the molecule is Cc1cccc(C)c1CNCCC(=O)NC(C)C. The highest BCUT2D eigenvalue weighted by Crippen LogP contribution is 2.12. The molecule has 0 saturated heterocycles. The number of carbonyl (C=O) groups excluding carboxylic acids is 1. The predicted molar refractivity (Wildman–Crippen MR) is 75.5 cm³/mol. The highest BCUT2D eigenvalue weighted by Gasteiger charge is 2.04. The second-order valence-electron chi connectivity index (χ2n) is 5.02. The molecule has 18 heavy (non-hydrogen) atoms. The number of amides is 1. The monoisotopic (exact) mass is 248 g/mol. The molecule has 2 N–H and O–H groups in total. The van der Waals surface area contributed by atoms with Gasteiger partial charge in [-0.3, -0.25) is 4.79 Å². The van der Waals surface area contributed by atoms with Crippen LogP contribution < -0.4 is 10.6 Å². The molecule has 0 atom stereocenters. The third-order valence-electron chi connectivity index (χ3n) is 2.92. The Kier molecular flexibility index (Phi) is 5.86. The Hall–Kier alpha value is -1.35. The van der Waals surface area contributed by atoms with E-state index in [2.05, 4.69) is 42.7 Å². The molecule has 0 saturated carbocycles. The third kappa shape index (κ3) is 4.88. The maximum atomic E-state index is 11.4. The van der Waals surface area contributed by atoms with Crippen LogP contribution in [0.15, 0.2) is 18.2 Å². The van der Waals surface area contributed by atoms with Gasteiger partial charge in [-0.2, -0.15) is 0 Å². The van der Waals surface area contributed by atoms with Gasteiger partial charge >= 0.3 is 0 Å². The van der Waals surface area contributed by atoms with Crippen LogP contribution in [-0.4, -0.2) is 18.5 Å². The van der Waals surface area contributed by atoms with Crippen molar-refractivity contribution in [3.8, 4) is 0 Å². The predicted octanol–water partition coefficient (Wildman–Crippen LogP) is 2.31. The van der Waals surface area contributed by atoms with Crippen LogP contribution in [0, 0.1) is 13.8 Å². The van der Waals surface area contributed by atoms with E-state index in [0.29, 0.717) is 13.0 Å². The van der Waals surface area contributed by atoms with E-state index >= 15 is 0 Å². The number of benzene rings is 1. The molecule has 1 aromatic carbocycles. The van der Waals surface area contributed by atoms with Gasteiger partial charge in [0.1, 0.15) is 0 Å². The lowest BCUT2D eigenvalue weighted by atomic mass is 10.0. The van der Waals surface area contributed by atoms with Crippen LogP contribution >= 0.6 is 0 Å². The van der Waals surface area contributed by atoms with Gasteiger partial charge in [0.05, 0.1) is 0 Å². The molecule has 3 nitrogen and oxygen atoms in total. The molecule has 1 aromatic rings. The summed E-state index contributed by atoms with van der Waals surface area (Å²) in [5.74, 6) is 0.110. The van der Waals surface area contributed by atoms with Gasteiger partial charge in [0, 0.05) is 25.6 Å². The highest BCUT2D eigenvalue weighted by molar-refractivity contribution is 5.76. The van der Waals surface area contributed by atoms with Crippen molar-refractivity contribution in [3.63, 3.8) is 0 Å². The second-order valence-corrected chi connectivity index (χ2v) is 5.02. The lowest BCUT2D eigenvalue weighted by Crippen LogP contribution is -2.32. The van der Waals surface area contributed by atoms with Crippen molar-refractivity contribution in [2.24, 2.45) is 0 Å². The zero-order valence-corrected chi connectivity index (χ0v) is 11.8. The van der Waals surface area contributed by atoms with E-state index < -0.39 is 0 Å². The Morgan fingerprint density at radius 3 is 2.39 bits per heavy atom. The molecule has 1 rings (SSSR count). The normalized spacial score (nSPS) is 10.7. The minimum absolute atomic E-state index is 0.110.